The van der Waals surface area contributed by atoms with Crippen molar-refractivity contribution < 1.29 is 13.2 Å². The van der Waals surface area contributed by atoms with E-state index >= 15 is 0 Å². The van der Waals surface area contributed by atoms with Crippen LogP contribution >= 0.6 is 22.9 Å². The minimum Gasteiger partial charge on any atom is -0.337 e. The molecule has 1 amide bonds. The molecule has 0 aliphatic heterocycles. The van der Waals surface area contributed by atoms with Crippen molar-refractivity contribution in [3.05, 3.63) is 51.2 Å². The van der Waals surface area contributed by atoms with Crippen LogP contribution in [0.2, 0.25) is 4.34 Å². The molecule has 2 aromatic rings. The highest BCUT2D eigenvalue weighted by Gasteiger charge is 2.15. The number of carbonyl (C=O) groups is 1. The highest BCUT2D eigenvalue weighted by atomic mass is 35.5. The van der Waals surface area contributed by atoms with Crippen molar-refractivity contribution in [3.8, 4) is 0 Å². The number of nitrogens with one attached hydrogen (secondary N) is 1. The molecule has 0 fully saturated rings. The van der Waals surface area contributed by atoms with Crippen LogP contribution in [0, 0.1) is 0 Å². The van der Waals surface area contributed by atoms with Crippen molar-refractivity contribution in [1.29, 1.82) is 0 Å². The number of hydrogen-bond acceptors (Lipinski definition) is 4. The molecule has 0 saturated heterocycles. The van der Waals surface area contributed by atoms with Crippen molar-refractivity contribution in [2.24, 2.45) is 0 Å². The second kappa shape index (κ2) is 8.00. The number of nitrogens with zero attached hydrogens (tertiary/aromatic N) is 1. The normalized spacial score (nSPS) is 11.3. The molecule has 0 bridgehead atoms. The molecule has 1 heterocycles. The van der Waals surface area contributed by atoms with Gasteiger partial charge in [-0.3, -0.25) is 9.52 Å². The van der Waals surface area contributed by atoms with Crippen LogP contribution < -0.4 is 4.72 Å². The first-order valence-electron chi connectivity index (χ1n) is 7.41. The third kappa shape index (κ3) is 5.22. The SMILES string of the molecule is CCCS(=O)(=O)Nc1cccc(C(=O)N(C)Cc2ccc(Cl)s2)c1. The van der Waals surface area contributed by atoms with Gasteiger partial charge in [-0.1, -0.05) is 24.6 Å². The van der Waals surface area contributed by atoms with Crippen LogP contribution in [0.15, 0.2) is 36.4 Å². The van der Waals surface area contributed by atoms with E-state index in [-0.39, 0.29) is 11.7 Å². The van der Waals surface area contributed by atoms with Crippen molar-refractivity contribution in [2.45, 2.75) is 19.9 Å². The van der Waals surface area contributed by atoms with Crippen LogP contribution in [-0.4, -0.2) is 32.0 Å². The van der Waals surface area contributed by atoms with Crippen molar-refractivity contribution in [2.75, 3.05) is 17.5 Å². The summed E-state index contributed by atoms with van der Waals surface area (Å²) < 4.78 is 26.9. The zero-order chi connectivity index (χ0) is 17.7. The molecule has 0 aliphatic carbocycles. The first kappa shape index (κ1) is 18.8. The van der Waals surface area contributed by atoms with E-state index in [2.05, 4.69) is 4.72 Å². The maximum Gasteiger partial charge on any atom is 0.253 e. The number of anilines is 1. The van der Waals surface area contributed by atoms with Crippen molar-refractivity contribution >= 4 is 44.6 Å². The maximum atomic E-state index is 12.5. The summed E-state index contributed by atoms with van der Waals surface area (Å²) in [6, 6.07) is 10.2. The number of rotatable bonds is 7. The first-order valence-corrected chi connectivity index (χ1v) is 10.3. The van der Waals surface area contributed by atoms with Gasteiger partial charge in [-0.05, 0) is 36.8 Å². The molecule has 0 atom stereocenters. The summed E-state index contributed by atoms with van der Waals surface area (Å²) in [4.78, 5) is 15.1. The molecule has 5 nitrogen and oxygen atoms in total. The molecule has 130 valence electrons. The Morgan fingerprint density at radius 3 is 2.67 bits per heavy atom. The lowest BCUT2D eigenvalue weighted by molar-refractivity contribution is 0.0786. The molecule has 24 heavy (non-hydrogen) atoms. The largest absolute Gasteiger partial charge is 0.337 e. The standard InChI is InChI=1S/C16H19ClN2O3S2/c1-3-9-24(21,22)18-13-6-4-5-12(10-13)16(20)19(2)11-14-7-8-15(17)23-14/h4-8,10,18H,3,9,11H2,1-2H3. The Hall–Kier alpha value is -1.57. The molecular formula is C16H19ClN2O3S2. The van der Waals surface area contributed by atoms with Gasteiger partial charge in [-0.2, -0.15) is 0 Å². The second-order valence-electron chi connectivity index (χ2n) is 5.37. The van der Waals surface area contributed by atoms with Crippen LogP contribution in [0.1, 0.15) is 28.6 Å². The zero-order valence-electron chi connectivity index (χ0n) is 13.5. The molecule has 0 aliphatic rings. The number of benzene rings is 1. The average molecular weight is 387 g/mol. The van der Waals surface area contributed by atoms with Gasteiger partial charge in [0.05, 0.1) is 16.6 Å². The van der Waals surface area contributed by atoms with Gasteiger partial charge in [0.2, 0.25) is 10.0 Å². The van der Waals surface area contributed by atoms with Crippen molar-refractivity contribution in [3.63, 3.8) is 0 Å². The van der Waals surface area contributed by atoms with E-state index in [9.17, 15) is 13.2 Å². The zero-order valence-corrected chi connectivity index (χ0v) is 15.8. The fraction of sp³-hybridized carbons (Fsp3) is 0.312. The Bertz CT molecular complexity index is 818. The molecular weight excluding hydrogens is 368 g/mol. The lowest BCUT2D eigenvalue weighted by Crippen LogP contribution is -2.26. The van der Waals surface area contributed by atoms with Gasteiger partial charge in [0, 0.05) is 23.2 Å². The number of halogens is 1. The Balaban J connectivity index is 2.10. The molecule has 1 aromatic carbocycles. The molecule has 1 N–H and O–H groups in total. The van der Waals surface area contributed by atoms with Crippen LogP contribution in [-0.2, 0) is 16.6 Å². The monoisotopic (exact) mass is 386 g/mol. The van der Waals surface area contributed by atoms with Crippen LogP contribution in [0.5, 0.6) is 0 Å². The summed E-state index contributed by atoms with van der Waals surface area (Å²) in [6.07, 6.45) is 0.528. The van der Waals surface area contributed by atoms with Gasteiger partial charge in [0.1, 0.15) is 0 Å². The topological polar surface area (TPSA) is 66.5 Å². The quantitative estimate of drug-likeness (QED) is 0.786. The highest BCUT2D eigenvalue weighted by Crippen LogP contribution is 2.23. The molecule has 0 radical (unpaired) electrons. The van der Waals surface area contributed by atoms with Gasteiger partial charge in [-0.15, -0.1) is 11.3 Å². The maximum absolute atomic E-state index is 12.5. The summed E-state index contributed by atoms with van der Waals surface area (Å²) in [7, 11) is -1.68. The van der Waals surface area contributed by atoms with Gasteiger partial charge in [0.25, 0.3) is 5.91 Å². The molecule has 0 saturated carbocycles. The summed E-state index contributed by atoms with van der Waals surface area (Å²) in [5.74, 6) is -0.138. The Morgan fingerprint density at radius 2 is 2.04 bits per heavy atom. The van der Waals surface area contributed by atoms with Gasteiger partial charge < -0.3 is 4.90 Å². The molecule has 0 unspecified atom stereocenters. The number of thiophene rings is 1. The minimum absolute atomic E-state index is 0.0458. The third-order valence-corrected chi connectivity index (χ3v) is 5.93. The van der Waals surface area contributed by atoms with Gasteiger partial charge in [0.15, 0.2) is 0 Å². The molecule has 8 heteroatoms. The number of amides is 1. The van der Waals surface area contributed by atoms with Crippen LogP contribution in [0.4, 0.5) is 5.69 Å². The Labute approximate surface area is 151 Å². The summed E-state index contributed by atoms with van der Waals surface area (Å²) in [5.41, 5.74) is 0.818. The van der Waals surface area contributed by atoms with E-state index in [1.165, 1.54) is 11.3 Å². The van der Waals surface area contributed by atoms with E-state index in [1.807, 2.05) is 6.07 Å². The number of hydrogen-bond donors (Lipinski definition) is 1. The summed E-state index contributed by atoms with van der Waals surface area (Å²) in [6.45, 7) is 2.24. The third-order valence-electron chi connectivity index (χ3n) is 3.22. The van der Waals surface area contributed by atoms with Gasteiger partial charge >= 0.3 is 0 Å². The summed E-state index contributed by atoms with van der Waals surface area (Å²) in [5, 5.41) is 0. The Morgan fingerprint density at radius 1 is 1.29 bits per heavy atom. The Kier molecular flexibility index (Phi) is 6.26. The van der Waals surface area contributed by atoms with Crippen LogP contribution in [0.3, 0.4) is 0 Å². The highest BCUT2D eigenvalue weighted by molar-refractivity contribution is 7.92. The van der Waals surface area contributed by atoms with E-state index in [0.29, 0.717) is 28.6 Å². The second-order valence-corrected chi connectivity index (χ2v) is 9.01. The minimum atomic E-state index is -3.38. The van der Waals surface area contributed by atoms with Crippen LogP contribution in [0.25, 0.3) is 0 Å². The average Bonchev–Trinajstić information content (AvgIpc) is 2.91. The predicted octanol–water partition coefficient (Wildman–Crippen LogP) is 3.83. The molecule has 0 spiro atoms. The van der Waals surface area contributed by atoms with Gasteiger partial charge in [-0.25, -0.2) is 8.42 Å². The molecule has 1 aromatic heterocycles. The van der Waals surface area contributed by atoms with E-state index < -0.39 is 10.0 Å². The van der Waals surface area contributed by atoms with Crippen molar-refractivity contribution in [1.82, 2.24) is 4.90 Å². The predicted molar refractivity (Wildman–Crippen MR) is 99.3 cm³/mol. The summed E-state index contributed by atoms with van der Waals surface area (Å²) >= 11 is 7.32. The fourth-order valence-corrected chi connectivity index (χ4v) is 4.44. The smallest absolute Gasteiger partial charge is 0.253 e. The van der Waals surface area contributed by atoms with E-state index in [4.69, 9.17) is 11.6 Å². The molecule has 2 rings (SSSR count). The van der Waals surface area contributed by atoms with E-state index in [1.54, 1.807) is 49.2 Å². The fourth-order valence-electron chi connectivity index (χ4n) is 2.18. The first-order chi connectivity index (χ1) is 11.3. The lowest BCUT2D eigenvalue weighted by atomic mass is 10.2. The van der Waals surface area contributed by atoms with E-state index in [0.717, 1.165) is 4.88 Å². The number of carbonyl (C=O) groups excluding carboxylic acids is 1. The number of sulfonamides is 1. The lowest BCUT2D eigenvalue weighted by Gasteiger charge is -2.17.